The maximum Gasteiger partial charge on any atom is 0.254 e. The summed E-state index contributed by atoms with van der Waals surface area (Å²) < 4.78 is 2.16. The monoisotopic (exact) mass is 423 g/mol. The van der Waals surface area contributed by atoms with Gasteiger partial charge in [-0.1, -0.05) is 42.0 Å². The first-order valence-electron chi connectivity index (χ1n) is 10.7. The van der Waals surface area contributed by atoms with Crippen molar-refractivity contribution in [2.45, 2.75) is 50.7 Å². The van der Waals surface area contributed by atoms with Gasteiger partial charge in [-0.2, -0.15) is 0 Å². The van der Waals surface area contributed by atoms with Gasteiger partial charge >= 0.3 is 0 Å². The minimum atomic E-state index is 0. The molecule has 4 nitrogen and oxygen atoms in total. The van der Waals surface area contributed by atoms with Crippen LogP contribution in [0.15, 0.2) is 48.5 Å². The number of amides is 1. The van der Waals surface area contributed by atoms with Gasteiger partial charge < -0.3 is 14.8 Å². The van der Waals surface area contributed by atoms with Crippen LogP contribution in [0.1, 0.15) is 41.6 Å². The summed E-state index contributed by atoms with van der Waals surface area (Å²) in [5.74, 6) is 0.0639. The second-order valence-corrected chi connectivity index (χ2v) is 8.86. The van der Waals surface area contributed by atoms with E-state index in [0.717, 1.165) is 40.6 Å². The maximum absolute atomic E-state index is 13.6. The molecule has 0 saturated carbocycles. The molecule has 5 heteroatoms. The molecule has 2 aliphatic heterocycles. The zero-order valence-electron chi connectivity index (χ0n) is 17.9. The summed E-state index contributed by atoms with van der Waals surface area (Å²) >= 11 is 0. The zero-order chi connectivity index (χ0) is 20.1. The number of hydrogen-bond donors (Lipinski definition) is 1. The Morgan fingerprint density at radius 1 is 1.00 bits per heavy atom. The molecule has 5 rings (SSSR count). The van der Waals surface area contributed by atoms with E-state index in [2.05, 4.69) is 66.1 Å². The quantitative estimate of drug-likeness (QED) is 0.648. The third kappa shape index (κ3) is 3.42. The van der Waals surface area contributed by atoms with Crippen molar-refractivity contribution in [3.8, 4) is 11.3 Å². The molecule has 0 radical (unpaired) electrons. The normalized spacial score (nSPS) is 23.4. The van der Waals surface area contributed by atoms with Crippen LogP contribution >= 0.6 is 12.4 Å². The molecule has 0 spiro atoms. The predicted octanol–water partition coefficient (Wildman–Crippen LogP) is 4.93. The standard InChI is InChI=1S/C25H29N3O.ClH/c1-16-9-12-22-21(13-16)23(24(28(22)3)17-7-5-4-6-8-17)25(29)26-18-14-19-10-11-20(15-18)27(19)2;/h4-9,12-13,18-20H,10-11,14-15H2,1-3H3,(H,26,29);1H/t18-,19+,20-;. The fraction of sp³-hybridized carbons (Fsp3) is 0.400. The lowest BCUT2D eigenvalue weighted by Gasteiger charge is -2.36. The van der Waals surface area contributed by atoms with Gasteiger partial charge in [-0.05, 0) is 57.4 Å². The SMILES string of the molecule is Cc1ccc2c(c1)c(C(=O)N[C@H]1C[C@H]3CC[C@@H](C1)N3C)c(-c1ccccc1)n2C.Cl. The van der Waals surface area contributed by atoms with E-state index in [0.29, 0.717) is 12.1 Å². The van der Waals surface area contributed by atoms with E-state index in [1.165, 1.54) is 18.4 Å². The van der Waals surface area contributed by atoms with Crippen LogP contribution in [0.5, 0.6) is 0 Å². The number of rotatable bonds is 3. The number of fused-ring (bicyclic) bond motifs is 3. The van der Waals surface area contributed by atoms with Crippen molar-refractivity contribution < 1.29 is 4.79 Å². The van der Waals surface area contributed by atoms with Gasteiger partial charge in [0.25, 0.3) is 5.91 Å². The highest BCUT2D eigenvalue weighted by Crippen LogP contribution is 2.36. The lowest BCUT2D eigenvalue weighted by atomic mass is 9.97. The second kappa shape index (κ2) is 8.09. The smallest absolute Gasteiger partial charge is 0.254 e. The van der Waals surface area contributed by atoms with Crippen molar-refractivity contribution in [3.05, 3.63) is 59.7 Å². The molecule has 0 unspecified atom stereocenters. The molecule has 2 aliphatic rings. The van der Waals surface area contributed by atoms with E-state index in [1.807, 2.05) is 18.2 Å². The number of piperidine rings is 1. The van der Waals surface area contributed by atoms with Crippen molar-refractivity contribution in [1.82, 2.24) is 14.8 Å². The number of carbonyl (C=O) groups is 1. The van der Waals surface area contributed by atoms with Crippen LogP contribution in [0.25, 0.3) is 22.2 Å². The molecule has 2 fully saturated rings. The van der Waals surface area contributed by atoms with Crippen molar-refractivity contribution in [2.75, 3.05) is 7.05 Å². The summed E-state index contributed by atoms with van der Waals surface area (Å²) in [4.78, 5) is 16.1. The molecular formula is C25H30ClN3O. The van der Waals surface area contributed by atoms with Crippen LogP contribution in [0.2, 0.25) is 0 Å². The van der Waals surface area contributed by atoms with Crippen LogP contribution in [-0.2, 0) is 7.05 Å². The van der Waals surface area contributed by atoms with Crippen LogP contribution < -0.4 is 5.32 Å². The average molecular weight is 424 g/mol. The van der Waals surface area contributed by atoms with Gasteiger partial charge in [-0.25, -0.2) is 0 Å². The number of hydrogen-bond acceptors (Lipinski definition) is 2. The lowest BCUT2D eigenvalue weighted by molar-refractivity contribution is 0.0884. The van der Waals surface area contributed by atoms with Crippen molar-refractivity contribution in [1.29, 1.82) is 0 Å². The van der Waals surface area contributed by atoms with E-state index >= 15 is 0 Å². The largest absolute Gasteiger partial charge is 0.349 e. The molecule has 3 aromatic rings. The van der Waals surface area contributed by atoms with Crippen LogP contribution in [-0.4, -0.2) is 40.5 Å². The first kappa shape index (κ1) is 21.0. The van der Waals surface area contributed by atoms with Gasteiger partial charge in [0.05, 0.1) is 11.3 Å². The Bertz CT molecular complexity index is 1060. The molecule has 2 aromatic carbocycles. The lowest BCUT2D eigenvalue weighted by Crippen LogP contribution is -2.48. The number of nitrogens with one attached hydrogen (secondary N) is 1. The van der Waals surface area contributed by atoms with Crippen LogP contribution in [0, 0.1) is 6.92 Å². The second-order valence-electron chi connectivity index (χ2n) is 8.86. The van der Waals surface area contributed by atoms with E-state index in [-0.39, 0.29) is 24.4 Å². The Kier molecular flexibility index (Phi) is 5.65. The van der Waals surface area contributed by atoms with E-state index in [1.54, 1.807) is 0 Å². The number of halogens is 1. The first-order chi connectivity index (χ1) is 14.0. The van der Waals surface area contributed by atoms with E-state index in [9.17, 15) is 4.79 Å². The van der Waals surface area contributed by atoms with Crippen molar-refractivity contribution in [2.24, 2.45) is 7.05 Å². The van der Waals surface area contributed by atoms with E-state index < -0.39 is 0 Å². The third-order valence-electron chi connectivity index (χ3n) is 7.06. The molecule has 1 aromatic heterocycles. The van der Waals surface area contributed by atoms with Crippen molar-refractivity contribution >= 4 is 29.2 Å². The molecule has 1 N–H and O–H groups in total. The van der Waals surface area contributed by atoms with Gasteiger partial charge in [0, 0.05) is 36.1 Å². The number of carbonyl (C=O) groups excluding carboxylic acids is 1. The minimum absolute atomic E-state index is 0. The summed E-state index contributed by atoms with van der Waals surface area (Å²) in [5.41, 5.74) is 5.16. The van der Waals surface area contributed by atoms with E-state index in [4.69, 9.17) is 0 Å². The van der Waals surface area contributed by atoms with Gasteiger partial charge in [-0.3, -0.25) is 4.79 Å². The molecule has 1 amide bonds. The zero-order valence-corrected chi connectivity index (χ0v) is 18.7. The Balaban J connectivity index is 0.00000218. The average Bonchev–Trinajstić information content (AvgIpc) is 3.09. The fourth-order valence-corrected chi connectivity index (χ4v) is 5.51. The van der Waals surface area contributed by atoms with Gasteiger partial charge in [0.2, 0.25) is 0 Å². The molecule has 3 atom stereocenters. The van der Waals surface area contributed by atoms with Crippen LogP contribution in [0.3, 0.4) is 0 Å². The highest BCUT2D eigenvalue weighted by atomic mass is 35.5. The molecule has 3 heterocycles. The minimum Gasteiger partial charge on any atom is -0.349 e. The number of aromatic nitrogens is 1. The van der Waals surface area contributed by atoms with Crippen LogP contribution in [0.4, 0.5) is 0 Å². The summed E-state index contributed by atoms with van der Waals surface area (Å²) in [7, 11) is 4.30. The summed E-state index contributed by atoms with van der Waals surface area (Å²) in [6.07, 6.45) is 4.64. The molecular weight excluding hydrogens is 394 g/mol. The molecule has 30 heavy (non-hydrogen) atoms. The third-order valence-corrected chi connectivity index (χ3v) is 7.06. The highest BCUT2D eigenvalue weighted by molar-refractivity contribution is 6.13. The van der Waals surface area contributed by atoms with Gasteiger partial charge in [-0.15, -0.1) is 12.4 Å². The number of nitrogens with zero attached hydrogens (tertiary/aromatic N) is 2. The Morgan fingerprint density at radius 3 is 2.33 bits per heavy atom. The fourth-order valence-electron chi connectivity index (χ4n) is 5.51. The maximum atomic E-state index is 13.6. The summed E-state index contributed by atoms with van der Waals surface area (Å²) in [6, 6.07) is 18.2. The molecule has 0 aliphatic carbocycles. The molecule has 2 saturated heterocycles. The Hall–Kier alpha value is -2.30. The summed E-state index contributed by atoms with van der Waals surface area (Å²) in [6.45, 7) is 2.09. The molecule has 2 bridgehead atoms. The Labute approximate surface area is 184 Å². The number of aryl methyl sites for hydroxylation is 2. The van der Waals surface area contributed by atoms with Crippen molar-refractivity contribution in [3.63, 3.8) is 0 Å². The molecule has 158 valence electrons. The number of benzene rings is 2. The topological polar surface area (TPSA) is 37.3 Å². The van der Waals surface area contributed by atoms with Gasteiger partial charge in [0.15, 0.2) is 0 Å². The highest BCUT2D eigenvalue weighted by Gasteiger charge is 2.39. The van der Waals surface area contributed by atoms with Gasteiger partial charge in [0.1, 0.15) is 0 Å². The predicted molar refractivity (Wildman–Crippen MR) is 125 cm³/mol. The summed E-state index contributed by atoms with van der Waals surface area (Å²) in [5, 5.41) is 4.45. The first-order valence-corrected chi connectivity index (χ1v) is 10.7. The Morgan fingerprint density at radius 2 is 1.67 bits per heavy atom.